The molecule has 1 aromatic rings. The van der Waals surface area contributed by atoms with E-state index in [4.69, 9.17) is 0 Å². The number of aryl methyl sites for hydroxylation is 1. The van der Waals surface area contributed by atoms with E-state index in [1.807, 2.05) is 17.9 Å². The van der Waals surface area contributed by atoms with Gasteiger partial charge in [0.1, 0.15) is 0 Å². The molecule has 0 aromatic carbocycles. The monoisotopic (exact) mass is 235 g/mol. The molecule has 1 atom stereocenters. The lowest BCUT2D eigenvalue weighted by molar-refractivity contribution is 0.390. The quantitative estimate of drug-likeness (QED) is 0.821. The van der Waals surface area contributed by atoms with Gasteiger partial charge in [0.05, 0.1) is 6.20 Å². The molecule has 17 heavy (non-hydrogen) atoms. The SMILES string of the molecule is CCNC(Cc1cnn(C)c1)CC1CCCC1. The first-order chi connectivity index (χ1) is 8.28. The van der Waals surface area contributed by atoms with Crippen LogP contribution in [0, 0.1) is 5.92 Å². The Morgan fingerprint density at radius 2 is 2.24 bits per heavy atom. The summed E-state index contributed by atoms with van der Waals surface area (Å²) in [4.78, 5) is 0. The zero-order valence-corrected chi connectivity index (χ0v) is 11.2. The number of hydrogen-bond acceptors (Lipinski definition) is 2. The van der Waals surface area contributed by atoms with E-state index in [0.29, 0.717) is 6.04 Å². The lowest BCUT2D eigenvalue weighted by atomic mass is 9.95. The Labute approximate surface area is 105 Å². The topological polar surface area (TPSA) is 29.9 Å². The van der Waals surface area contributed by atoms with E-state index >= 15 is 0 Å². The van der Waals surface area contributed by atoms with Gasteiger partial charge < -0.3 is 5.32 Å². The van der Waals surface area contributed by atoms with E-state index in [1.54, 1.807) is 0 Å². The van der Waals surface area contributed by atoms with Gasteiger partial charge in [0.2, 0.25) is 0 Å². The van der Waals surface area contributed by atoms with E-state index in [-0.39, 0.29) is 0 Å². The van der Waals surface area contributed by atoms with Gasteiger partial charge in [-0.15, -0.1) is 0 Å². The van der Waals surface area contributed by atoms with E-state index in [0.717, 1.165) is 18.9 Å². The van der Waals surface area contributed by atoms with Crippen molar-refractivity contribution in [3.63, 3.8) is 0 Å². The van der Waals surface area contributed by atoms with Crippen molar-refractivity contribution < 1.29 is 0 Å². The zero-order valence-electron chi connectivity index (χ0n) is 11.2. The first-order valence-electron chi connectivity index (χ1n) is 6.99. The van der Waals surface area contributed by atoms with Crippen molar-refractivity contribution in [3.8, 4) is 0 Å². The Morgan fingerprint density at radius 1 is 1.47 bits per heavy atom. The Bertz CT molecular complexity index is 326. The van der Waals surface area contributed by atoms with Gasteiger partial charge in [-0.25, -0.2) is 0 Å². The van der Waals surface area contributed by atoms with Crippen molar-refractivity contribution in [1.29, 1.82) is 0 Å². The summed E-state index contributed by atoms with van der Waals surface area (Å²) in [6.45, 7) is 3.27. The third kappa shape index (κ3) is 3.84. The maximum Gasteiger partial charge on any atom is 0.0522 e. The van der Waals surface area contributed by atoms with Crippen LogP contribution in [-0.2, 0) is 13.5 Å². The third-order valence-corrected chi connectivity index (χ3v) is 3.83. The Morgan fingerprint density at radius 3 is 2.82 bits per heavy atom. The summed E-state index contributed by atoms with van der Waals surface area (Å²) in [7, 11) is 1.99. The van der Waals surface area contributed by atoms with Gasteiger partial charge in [-0.3, -0.25) is 4.68 Å². The van der Waals surface area contributed by atoms with Gasteiger partial charge in [0.15, 0.2) is 0 Å². The first-order valence-corrected chi connectivity index (χ1v) is 6.99. The maximum absolute atomic E-state index is 4.25. The van der Waals surface area contributed by atoms with Gasteiger partial charge >= 0.3 is 0 Å². The van der Waals surface area contributed by atoms with Crippen LogP contribution in [0.5, 0.6) is 0 Å². The van der Waals surface area contributed by atoms with Crippen LogP contribution < -0.4 is 5.32 Å². The van der Waals surface area contributed by atoms with Gasteiger partial charge in [0.25, 0.3) is 0 Å². The second-order valence-electron chi connectivity index (χ2n) is 5.37. The lowest BCUT2D eigenvalue weighted by Gasteiger charge is -2.20. The van der Waals surface area contributed by atoms with Crippen molar-refractivity contribution in [1.82, 2.24) is 15.1 Å². The smallest absolute Gasteiger partial charge is 0.0522 e. The van der Waals surface area contributed by atoms with Crippen LogP contribution >= 0.6 is 0 Å². The largest absolute Gasteiger partial charge is 0.314 e. The Balaban J connectivity index is 1.87. The molecular formula is C14H25N3. The number of nitrogens with one attached hydrogen (secondary N) is 1. The van der Waals surface area contributed by atoms with Crippen molar-refractivity contribution in [2.75, 3.05) is 6.54 Å². The summed E-state index contributed by atoms with van der Waals surface area (Å²) < 4.78 is 1.90. The van der Waals surface area contributed by atoms with Crippen LogP contribution in [0.4, 0.5) is 0 Å². The van der Waals surface area contributed by atoms with Crippen molar-refractivity contribution in [2.45, 2.75) is 51.5 Å². The highest BCUT2D eigenvalue weighted by Crippen LogP contribution is 2.29. The number of hydrogen-bond donors (Lipinski definition) is 1. The summed E-state index contributed by atoms with van der Waals surface area (Å²) in [5.74, 6) is 0.954. The van der Waals surface area contributed by atoms with Crippen molar-refractivity contribution >= 4 is 0 Å². The molecule has 0 saturated heterocycles. The minimum Gasteiger partial charge on any atom is -0.314 e. The highest BCUT2D eigenvalue weighted by atomic mass is 15.2. The predicted molar refractivity (Wildman–Crippen MR) is 71.0 cm³/mol. The molecule has 0 bridgehead atoms. The average molecular weight is 235 g/mol. The van der Waals surface area contributed by atoms with Gasteiger partial charge in [0, 0.05) is 19.3 Å². The van der Waals surface area contributed by atoms with Crippen LogP contribution in [0.25, 0.3) is 0 Å². The normalized spacial score (nSPS) is 18.7. The molecule has 1 aliphatic rings. The molecule has 1 heterocycles. The van der Waals surface area contributed by atoms with E-state index in [2.05, 4.69) is 23.5 Å². The second-order valence-corrected chi connectivity index (χ2v) is 5.37. The van der Waals surface area contributed by atoms with E-state index < -0.39 is 0 Å². The maximum atomic E-state index is 4.25. The first kappa shape index (κ1) is 12.6. The molecule has 1 aromatic heterocycles. The predicted octanol–water partition coefficient (Wildman–Crippen LogP) is 2.52. The molecular weight excluding hydrogens is 210 g/mol. The van der Waals surface area contributed by atoms with Gasteiger partial charge in [-0.2, -0.15) is 5.10 Å². The summed E-state index contributed by atoms with van der Waals surface area (Å²) in [6, 6.07) is 0.632. The van der Waals surface area contributed by atoms with Crippen LogP contribution in [0.2, 0.25) is 0 Å². The van der Waals surface area contributed by atoms with Crippen LogP contribution in [0.15, 0.2) is 12.4 Å². The fourth-order valence-corrected chi connectivity index (χ4v) is 3.04. The molecule has 1 unspecified atom stereocenters. The molecule has 0 spiro atoms. The number of aromatic nitrogens is 2. The average Bonchev–Trinajstić information content (AvgIpc) is 2.91. The van der Waals surface area contributed by atoms with Gasteiger partial charge in [-0.1, -0.05) is 32.6 Å². The molecule has 96 valence electrons. The Hall–Kier alpha value is -0.830. The minimum atomic E-state index is 0.632. The summed E-state index contributed by atoms with van der Waals surface area (Å²) in [5.41, 5.74) is 1.36. The molecule has 2 rings (SSSR count). The number of nitrogens with zero attached hydrogens (tertiary/aromatic N) is 2. The third-order valence-electron chi connectivity index (χ3n) is 3.83. The summed E-state index contributed by atoms with van der Waals surface area (Å²) in [5, 5.41) is 7.88. The molecule has 1 aliphatic carbocycles. The molecule has 0 aliphatic heterocycles. The van der Waals surface area contributed by atoms with E-state index in [9.17, 15) is 0 Å². The van der Waals surface area contributed by atoms with Crippen LogP contribution in [-0.4, -0.2) is 22.4 Å². The molecule has 1 fully saturated rings. The number of likely N-dealkylation sites (N-methyl/N-ethyl adjacent to an activating group) is 1. The minimum absolute atomic E-state index is 0.632. The van der Waals surface area contributed by atoms with Crippen molar-refractivity contribution in [2.24, 2.45) is 13.0 Å². The highest BCUT2D eigenvalue weighted by molar-refractivity contribution is 5.06. The zero-order chi connectivity index (χ0) is 12.1. The molecule has 3 heteroatoms. The molecule has 0 amide bonds. The molecule has 3 nitrogen and oxygen atoms in total. The second kappa shape index (κ2) is 6.20. The summed E-state index contributed by atoms with van der Waals surface area (Å²) in [6.07, 6.45) is 12.4. The molecule has 1 saturated carbocycles. The standard InChI is InChI=1S/C14H25N3/c1-3-15-14(8-12-6-4-5-7-12)9-13-10-16-17(2)11-13/h10-12,14-15H,3-9H2,1-2H3. The van der Waals surface area contributed by atoms with Crippen LogP contribution in [0.3, 0.4) is 0 Å². The van der Waals surface area contributed by atoms with Gasteiger partial charge in [-0.05, 0) is 30.9 Å². The lowest BCUT2D eigenvalue weighted by Crippen LogP contribution is -2.32. The highest BCUT2D eigenvalue weighted by Gasteiger charge is 2.20. The molecule has 0 radical (unpaired) electrons. The van der Waals surface area contributed by atoms with Crippen molar-refractivity contribution in [3.05, 3.63) is 18.0 Å². The summed E-state index contributed by atoms with van der Waals surface area (Å²) >= 11 is 0. The fourth-order valence-electron chi connectivity index (χ4n) is 3.04. The van der Waals surface area contributed by atoms with Crippen LogP contribution in [0.1, 0.15) is 44.6 Å². The molecule has 1 N–H and O–H groups in total. The fraction of sp³-hybridized carbons (Fsp3) is 0.786. The Kier molecular flexibility index (Phi) is 4.60. The van der Waals surface area contributed by atoms with E-state index in [1.165, 1.54) is 37.7 Å². The number of rotatable bonds is 6.